The van der Waals surface area contributed by atoms with Gasteiger partial charge >= 0.3 is 0 Å². The summed E-state index contributed by atoms with van der Waals surface area (Å²) in [5.41, 5.74) is 0. The summed E-state index contributed by atoms with van der Waals surface area (Å²) in [5.74, 6) is 1.91. The predicted octanol–water partition coefficient (Wildman–Crippen LogP) is 2.51. The highest BCUT2D eigenvalue weighted by atomic mass is 16.5. The Labute approximate surface area is 169 Å². The summed E-state index contributed by atoms with van der Waals surface area (Å²) < 4.78 is 17.5. The standard InChI is InChI=1S/C21H36N4O3/c1-22-21(23-15-19(24(2)3)20-8-6-14-27-20)25-11-9-17(10-12-25)28-16-18-7-4-5-13-26-18/h6,8,14,17-19H,4-5,7,9-13,15-16H2,1-3H3,(H,22,23). The molecule has 2 aliphatic heterocycles. The van der Waals surface area contributed by atoms with Gasteiger partial charge < -0.3 is 24.1 Å². The molecule has 158 valence electrons. The van der Waals surface area contributed by atoms with E-state index >= 15 is 0 Å². The number of hydrogen-bond donors (Lipinski definition) is 1. The SMILES string of the molecule is CN=C(NCC(c1ccco1)N(C)C)N1CCC(OCC2CCCCO2)CC1. The Morgan fingerprint density at radius 2 is 2.14 bits per heavy atom. The van der Waals surface area contributed by atoms with E-state index in [-0.39, 0.29) is 6.04 Å². The molecular weight excluding hydrogens is 356 g/mol. The Morgan fingerprint density at radius 1 is 1.32 bits per heavy atom. The van der Waals surface area contributed by atoms with Crippen LogP contribution in [0.1, 0.15) is 43.9 Å². The average molecular weight is 393 g/mol. The molecule has 28 heavy (non-hydrogen) atoms. The maximum Gasteiger partial charge on any atom is 0.193 e. The molecule has 0 aromatic carbocycles. The lowest BCUT2D eigenvalue weighted by molar-refractivity contribution is -0.0721. The molecule has 0 radical (unpaired) electrons. The molecule has 1 aromatic rings. The highest BCUT2D eigenvalue weighted by molar-refractivity contribution is 5.80. The van der Waals surface area contributed by atoms with Crippen LogP contribution in [-0.4, -0.2) is 82.0 Å². The Morgan fingerprint density at radius 3 is 2.75 bits per heavy atom. The van der Waals surface area contributed by atoms with E-state index in [2.05, 4.69) is 34.2 Å². The highest BCUT2D eigenvalue weighted by Gasteiger charge is 2.25. The molecule has 1 N–H and O–H groups in total. The fraction of sp³-hybridized carbons (Fsp3) is 0.762. The van der Waals surface area contributed by atoms with Gasteiger partial charge in [0.25, 0.3) is 0 Å². The second-order valence-corrected chi connectivity index (χ2v) is 7.93. The molecule has 2 unspecified atom stereocenters. The fourth-order valence-electron chi connectivity index (χ4n) is 3.96. The summed E-state index contributed by atoms with van der Waals surface area (Å²) >= 11 is 0. The molecule has 2 aliphatic rings. The first-order valence-electron chi connectivity index (χ1n) is 10.6. The average Bonchev–Trinajstić information content (AvgIpc) is 3.25. The van der Waals surface area contributed by atoms with Crippen LogP contribution in [0, 0.1) is 0 Å². The predicted molar refractivity (Wildman–Crippen MR) is 111 cm³/mol. The Bertz CT molecular complexity index is 576. The van der Waals surface area contributed by atoms with Crippen molar-refractivity contribution in [1.82, 2.24) is 15.1 Å². The third-order valence-corrected chi connectivity index (χ3v) is 5.69. The zero-order valence-corrected chi connectivity index (χ0v) is 17.6. The summed E-state index contributed by atoms with van der Waals surface area (Å²) in [4.78, 5) is 8.97. The molecule has 3 heterocycles. The minimum atomic E-state index is 0.170. The summed E-state index contributed by atoms with van der Waals surface area (Å²) in [6, 6.07) is 4.13. The van der Waals surface area contributed by atoms with Crippen molar-refractivity contribution in [1.29, 1.82) is 0 Å². The van der Waals surface area contributed by atoms with Crippen LogP contribution in [0.2, 0.25) is 0 Å². The van der Waals surface area contributed by atoms with E-state index < -0.39 is 0 Å². The van der Waals surface area contributed by atoms with Gasteiger partial charge in [-0.3, -0.25) is 9.89 Å². The number of guanidine groups is 1. The first kappa shape index (κ1) is 21.1. The molecule has 2 fully saturated rings. The number of nitrogens with one attached hydrogen (secondary N) is 1. The smallest absolute Gasteiger partial charge is 0.193 e. The van der Waals surface area contributed by atoms with Crippen LogP contribution in [0.15, 0.2) is 27.8 Å². The van der Waals surface area contributed by atoms with Gasteiger partial charge in [0.1, 0.15) is 5.76 Å². The topological polar surface area (TPSA) is 62.5 Å². The third-order valence-electron chi connectivity index (χ3n) is 5.69. The van der Waals surface area contributed by atoms with E-state index in [1.807, 2.05) is 19.2 Å². The lowest BCUT2D eigenvalue weighted by atomic mass is 10.1. The fourth-order valence-corrected chi connectivity index (χ4v) is 3.96. The van der Waals surface area contributed by atoms with Crippen LogP contribution < -0.4 is 5.32 Å². The van der Waals surface area contributed by atoms with Crippen LogP contribution in [0.5, 0.6) is 0 Å². The van der Waals surface area contributed by atoms with E-state index in [1.165, 1.54) is 12.8 Å². The van der Waals surface area contributed by atoms with Crippen LogP contribution in [0.4, 0.5) is 0 Å². The summed E-state index contributed by atoms with van der Waals surface area (Å²) in [6.45, 7) is 4.31. The minimum absolute atomic E-state index is 0.170. The molecule has 1 aromatic heterocycles. The molecule has 0 saturated carbocycles. The van der Waals surface area contributed by atoms with Gasteiger partial charge in [0.05, 0.1) is 31.1 Å². The highest BCUT2D eigenvalue weighted by Crippen LogP contribution is 2.19. The van der Waals surface area contributed by atoms with Gasteiger partial charge in [-0.2, -0.15) is 0 Å². The first-order valence-corrected chi connectivity index (χ1v) is 10.6. The molecular formula is C21H36N4O3. The summed E-state index contributed by atoms with van der Waals surface area (Å²) in [6.07, 6.45) is 8.01. The van der Waals surface area contributed by atoms with Gasteiger partial charge in [0.2, 0.25) is 0 Å². The van der Waals surface area contributed by atoms with Crippen LogP contribution in [0.25, 0.3) is 0 Å². The number of rotatable bonds is 7. The summed E-state index contributed by atoms with van der Waals surface area (Å²) in [7, 11) is 5.98. The Balaban J connectivity index is 1.41. The molecule has 7 heteroatoms. The van der Waals surface area contributed by atoms with E-state index in [4.69, 9.17) is 13.9 Å². The number of ether oxygens (including phenoxy) is 2. The van der Waals surface area contributed by atoms with Crippen molar-refractivity contribution in [3.05, 3.63) is 24.2 Å². The van der Waals surface area contributed by atoms with Gasteiger partial charge in [-0.25, -0.2) is 0 Å². The molecule has 2 saturated heterocycles. The van der Waals surface area contributed by atoms with Crippen molar-refractivity contribution in [2.45, 2.75) is 50.4 Å². The Kier molecular flexibility index (Phi) is 8.18. The second-order valence-electron chi connectivity index (χ2n) is 7.93. The van der Waals surface area contributed by atoms with Crippen molar-refractivity contribution >= 4 is 5.96 Å². The first-order chi connectivity index (χ1) is 13.7. The number of hydrogen-bond acceptors (Lipinski definition) is 5. The van der Waals surface area contributed by atoms with Crippen molar-refractivity contribution in [3.63, 3.8) is 0 Å². The number of furan rings is 1. The van der Waals surface area contributed by atoms with E-state index in [0.29, 0.717) is 12.2 Å². The molecule has 7 nitrogen and oxygen atoms in total. The maximum absolute atomic E-state index is 6.13. The monoisotopic (exact) mass is 392 g/mol. The lowest BCUT2D eigenvalue weighted by Crippen LogP contribution is -2.48. The lowest BCUT2D eigenvalue weighted by Gasteiger charge is -2.35. The minimum Gasteiger partial charge on any atom is -0.468 e. The van der Waals surface area contributed by atoms with Gasteiger partial charge in [0, 0.05) is 33.3 Å². The molecule has 0 amide bonds. The van der Waals surface area contributed by atoms with Gasteiger partial charge in [0.15, 0.2) is 5.96 Å². The zero-order chi connectivity index (χ0) is 19.8. The maximum atomic E-state index is 6.13. The molecule has 0 bridgehead atoms. The van der Waals surface area contributed by atoms with Gasteiger partial charge in [-0.1, -0.05) is 0 Å². The van der Waals surface area contributed by atoms with Crippen molar-refractivity contribution < 1.29 is 13.9 Å². The van der Waals surface area contributed by atoms with Gasteiger partial charge in [-0.15, -0.1) is 0 Å². The second kappa shape index (κ2) is 10.8. The number of nitrogens with zero attached hydrogens (tertiary/aromatic N) is 3. The van der Waals surface area contributed by atoms with E-state index in [0.717, 1.165) is 63.8 Å². The van der Waals surface area contributed by atoms with Crippen molar-refractivity contribution in [2.24, 2.45) is 4.99 Å². The van der Waals surface area contributed by atoms with Gasteiger partial charge in [-0.05, 0) is 58.3 Å². The molecule has 3 rings (SSSR count). The normalized spacial score (nSPS) is 23.2. The summed E-state index contributed by atoms with van der Waals surface area (Å²) in [5, 5.41) is 3.52. The van der Waals surface area contributed by atoms with Crippen LogP contribution in [0.3, 0.4) is 0 Å². The number of likely N-dealkylation sites (tertiary alicyclic amines) is 1. The molecule has 0 aliphatic carbocycles. The number of piperidine rings is 1. The Hall–Kier alpha value is -1.57. The largest absolute Gasteiger partial charge is 0.468 e. The third kappa shape index (κ3) is 5.96. The van der Waals surface area contributed by atoms with E-state index in [9.17, 15) is 0 Å². The van der Waals surface area contributed by atoms with E-state index in [1.54, 1.807) is 6.26 Å². The number of likely N-dealkylation sites (N-methyl/N-ethyl adjacent to an activating group) is 1. The quantitative estimate of drug-likeness (QED) is 0.568. The van der Waals surface area contributed by atoms with Crippen molar-refractivity contribution in [2.75, 3.05) is 54.0 Å². The molecule has 0 spiro atoms. The number of aliphatic imine (C=N–C) groups is 1. The van der Waals surface area contributed by atoms with Crippen LogP contribution >= 0.6 is 0 Å². The van der Waals surface area contributed by atoms with Crippen LogP contribution in [-0.2, 0) is 9.47 Å². The molecule has 2 atom stereocenters. The zero-order valence-electron chi connectivity index (χ0n) is 17.6. The van der Waals surface area contributed by atoms with Crippen molar-refractivity contribution in [3.8, 4) is 0 Å².